The van der Waals surface area contributed by atoms with Crippen LogP contribution in [0.1, 0.15) is 35.7 Å². The van der Waals surface area contributed by atoms with Crippen LogP contribution in [0.5, 0.6) is 0 Å². The van der Waals surface area contributed by atoms with E-state index in [1.165, 1.54) is 13.0 Å². The summed E-state index contributed by atoms with van der Waals surface area (Å²) in [5, 5.41) is 9.02. The Labute approximate surface area is 105 Å². The van der Waals surface area contributed by atoms with E-state index >= 15 is 0 Å². The first-order chi connectivity index (χ1) is 8.42. The monoisotopic (exact) mass is 250 g/mol. The SMILES string of the molecule is CC(F)(Cc1ccccc1C(=O)O)C(=O)C1CC1. The molecule has 1 aromatic rings. The van der Waals surface area contributed by atoms with Gasteiger partial charge in [-0.2, -0.15) is 0 Å². The molecule has 0 aromatic heterocycles. The summed E-state index contributed by atoms with van der Waals surface area (Å²) in [6.07, 6.45) is 1.32. The minimum absolute atomic E-state index is 0.0602. The number of hydrogen-bond donors (Lipinski definition) is 1. The Kier molecular flexibility index (Phi) is 3.20. The van der Waals surface area contributed by atoms with Crippen molar-refractivity contribution in [3.8, 4) is 0 Å². The molecule has 1 unspecified atom stereocenters. The van der Waals surface area contributed by atoms with Crippen LogP contribution >= 0.6 is 0 Å². The molecule has 0 amide bonds. The smallest absolute Gasteiger partial charge is 0.335 e. The molecule has 1 aliphatic rings. The fourth-order valence-electron chi connectivity index (χ4n) is 2.10. The van der Waals surface area contributed by atoms with Crippen molar-refractivity contribution >= 4 is 11.8 Å². The van der Waals surface area contributed by atoms with Crippen molar-refractivity contribution in [2.24, 2.45) is 5.92 Å². The Morgan fingerprint density at radius 3 is 2.56 bits per heavy atom. The lowest BCUT2D eigenvalue weighted by molar-refractivity contribution is -0.130. The number of aromatic carboxylic acids is 1. The lowest BCUT2D eigenvalue weighted by Crippen LogP contribution is -2.34. The van der Waals surface area contributed by atoms with Crippen LogP contribution < -0.4 is 0 Å². The quantitative estimate of drug-likeness (QED) is 0.874. The van der Waals surface area contributed by atoms with E-state index in [1.807, 2.05) is 0 Å². The van der Waals surface area contributed by atoms with E-state index in [0.29, 0.717) is 5.56 Å². The first kappa shape index (κ1) is 12.7. The highest BCUT2D eigenvalue weighted by molar-refractivity contribution is 5.92. The molecule has 3 nitrogen and oxygen atoms in total. The summed E-state index contributed by atoms with van der Waals surface area (Å²) in [5.74, 6) is -1.67. The summed E-state index contributed by atoms with van der Waals surface area (Å²) in [7, 11) is 0. The van der Waals surface area contributed by atoms with Gasteiger partial charge in [0.15, 0.2) is 11.5 Å². The number of ketones is 1. The highest BCUT2D eigenvalue weighted by atomic mass is 19.1. The number of halogens is 1. The van der Waals surface area contributed by atoms with Crippen LogP contribution in [0.2, 0.25) is 0 Å². The fourth-order valence-corrected chi connectivity index (χ4v) is 2.10. The van der Waals surface area contributed by atoms with Gasteiger partial charge in [-0.1, -0.05) is 18.2 Å². The maximum atomic E-state index is 14.4. The summed E-state index contributed by atoms with van der Waals surface area (Å²) < 4.78 is 14.4. The predicted octanol–water partition coefficient (Wildman–Crippen LogP) is 2.63. The van der Waals surface area contributed by atoms with Crippen molar-refractivity contribution in [1.29, 1.82) is 0 Å². The summed E-state index contributed by atoms with van der Waals surface area (Å²) >= 11 is 0. The van der Waals surface area contributed by atoms with Crippen LogP contribution in [0.15, 0.2) is 24.3 Å². The van der Waals surface area contributed by atoms with Crippen LogP contribution in [0.4, 0.5) is 4.39 Å². The van der Waals surface area contributed by atoms with Gasteiger partial charge in [-0.05, 0) is 31.4 Å². The van der Waals surface area contributed by atoms with E-state index in [4.69, 9.17) is 5.11 Å². The molecule has 96 valence electrons. The standard InChI is InChI=1S/C14H15FO3/c1-14(15,12(16)9-6-7-9)8-10-4-2-3-5-11(10)13(17)18/h2-5,9H,6-8H2,1H3,(H,17,18). The number of hydrogen-bond acceptors (Lipinski definition) is 2. The van der Waals surface area contributed by atoms with Crippen LogP contribution in [-0.2, 0) is 11.2 Å². The first-order valence-electron chi connectivity index (χ1n) is 5.96. The van der Waals surface area contributed by atoms with Crippen molar-refractivity contribution in [3.05, 3.63) is 35.4 Å². The largest absolute Gasteiger partial charge is 0.478 e. The number of benzene rings is 1. The third kappa shape index (κ3) is 2.58. The van der Waals surface area contributed by atoms with Crippen LogP contribution in [0.25, 0.3) is 0 Å². The van der Waals surface area contributed by atoms with E-state index in [1.54, 1.807) is 18.2 Å². The van der Waals surface area contributed by atoms with E-state index < -0.39 is 17.4 Å². The molecule has 2 rings (SSSR count). The lowest BCUT2D eigenvalue weighted by atomic mass is 9.89. The molecular formula is C14H15FO3. The van der Waals surface area contributed by atoms with Crippen LogP contribution in [0, 0.1) is 5.92 Å². The summed E-state index contributed by atoms with van der Waals surface area (Å²) in [4.78, 5) is 22.8. The van der Waals surface area contributed by atoms with Crippen LogP contribution in [-0.4, -0.2) is 22.5 Å². The minimum atomic E-state index is -1.98. The Bertz CT molecular complexity index is 490. The third-order valence-electron chi connectivity index (χ3n) is 3.23. The minimum Gasteiger partial charge on any atom is -0.478 e. The van der Waals surface area contributed by atoms with Gasteiger partial charge in [0.05, 0.1) is 5.56 Å². The number of Topliss-reactive ketones (excluding diaryl/α,β-unsaturated/α-hetero) is 1. The maximum Gasteiger partial charge on any atom is 0.335 e. The molecule has 1 atom stereocenters. The summed E-state index contributed by atoms with van der Waals surface area (Å²) in [6.45, 7) is 1.24. The Hall–Kier alpha value is -1.71. The first-order valence-corrected chi connectivity index (χ1v) is 5.96. The predicted molar refractivity (Wildman–Crippen MR) is 64.3 cm³/mol. The number of carbonyl (C=O) groups is 2. The second-order valence-corrected chi connectivity index (χ2v) is 4.98. The molecule has 0 bridgehead atoms. The van der Waals surface area contributed by atoms with Gasteiger partial charge in [-0.15, -0.1) is 0 Å². The zero-order valence-corrected chi connectivity index (χ0v) is 10.1. The molecule has 0 aliphatic heterocycles. The highest BCUT2D eigenvalue weighted by Crippen LogP contribution is 2.36. The molecule has 0 radical (unpaired) electrons. The van der Waals surface area contributed by atoms with Gasteiger partial charge in [0.1, 0.15) is 0 Å². The zero-order valence-electron chi connectivity index (χ0n) is 10.1. The van der Waals surface area contributed by atoms with Crippen LogP contribution in [0.3, 0.4) is 0 Å². The van der Waals surface area contributed by atoms with E-state index in [-0.39, 0.29) is 17.9 Å². The summed E-state index contributed by atoms with van der Waals surface area (Å²) in [6, 6.07) is 6.22. The maximum absolute atomic E-state index is 14.4. The average molecular weight is 250 g/mol. The van der Waals surface area contributed by atoms with Crippen molar-refractivity contribution in [2.75, 3.05) is 0 Å². The number of rotatable bonds is 5. The van der Waals surface area contributed by atoms with E-state index in [0.717, 1.165) is 12.8 Å². The van der Waals surface area contributed by atoms with E-state index in [2.05, 4.69) is 0 Å². The number of carboxylic acid groups (broad SMARTS) is 1. The van der Waals surface area contributed by atoms with Crippen molar-refractivity contribution in [2.45, 2.75) is 31.9 Å². The zero-order chi connectivity index (χ0) is 13.3. The second-order valence-electron chi connectivity index (χ2n) is 4.98. The van der Waals surface area contributed by atoms with E-state index in [9.17, 15) is 14.0 Å². The highest BCUT2D eigenvalue weighted by Gasteiger charge is 2.43. The molecule has 4 heteroatoms. The van der Waals surface area contributed by atoms with Gasteiger partial charge >= 0.3 is 5.97 Å². The molecule has 0 saturated heterocycles. The molecule has 1 N–H and O–H groups in total. The fraction of sp³-hybridized carbons (Fsp3) is 0.429. The Morgan fingerprint density at radius 1 is 1.39 bits per heavy atom. The molecule has 1 aromatic carbocycles. The van der Waals surface area contributed by atoms with Crippen molar-refractivity contribution in [3.63, 3.8) is 0 Å². The Morgan fingerprint density at radius 2 is 2.00 bits per heavy atom. The molecule has 0 heterocycles. The lowest BCUT2D eigenvalue weighted by Gasteiger charge is -2.19. The Balaban J connectivity index is 2.22. The molecule has 1 saturated carbocycles. The second kappa shape index (κ2) is 4.52. The normalized spacial score (nSPS) is 18.1. The number of alkyl halides is 1. The van der Waals surface area contributed by atoms with Gasteiger partial charge in [0.25, 0.3) is 0 Å². The molecule has 0 spiro atoms. The number of carbonyl (C=O) groups excluding carboxylic acids is 1. The van der Waals surface area contributed by atoms with Gasteiger partial charge in [0, 0.05) is 12.3 Å². The van der Waals surface area contributed by atoms with Gasteiger partial charge < -0.3 is 5.11 Å². The van der Waals surface area contributed by atoms with Crippen molar-refractivity contribution < 1.29 is 19.1 Å². The topological polar surface area (TPSA) is 54.4 Å². The third-order valence-corrected chi connectivity index (χ3v) is 3.23. The number of carboxylic acids is 1. The molecular weight excluding hydrogens is 235 g/mol. The molecule has 1 aliphatic carbocycles. The van der Waals surface area contributed by atoms with Gasteiger partial charge in [-0.3, -0.25) is 4.79 Å². The molecule has 1 fully saturated rings. The van der Waals surface area contributed by atoms with Crippen molar-refractivity contribution in [1.82, 2.24) is 0 Å². The average Bonchev–Trinajstić information content (AvgIpc) is 3.11. The van der Waals surface area contributed by atoms with Gasteiger partial charge in [0.2, 0.25) is 0 Å². The summed E-state index contributed by atoms with van der Waals surface area (Å²) in [5.41, 5.74) is -1.55. The molecule has 18 heavy (non-hydrogen) atoms. The van der Waals surface area contributed by atoms with Gasteiger partial charge in [-0.25, -0.2) is 9.18 Å².